The second-order valence-electron chi connectivity index (χ2n) is 2.90. The van der Waals surface area contributed by atoms with E-state index in [1.54, 1.807) is 17.9 Å². The molecule has 78 valence electrons. The van der Waals surface area contributed by atoms with Crippen LogP contribution < -0.4 is 11.1 Å². The van der Waals surface area contributed by atoms with Crippen LogP contribution in [0.15, 0.2) is 12.4 Å². The van der Waals surface area contributed by atoms with E-state index < -0.39 is 5.91 Å². The molecule has 0 unspecified atom stereocenters. The van der Waals surface area contributed by atoms with Crippen molar-refractivity contribution in [3.05, 3.63) is 18.2 Å². The molecule has 0 aliphatic carbocycles. The van der Waals surface area contributed by atoms with E-state index in [2.05, 4.69) is 25.6 Å². The van der Waals surface area contributed by atoms with Gasteiger partial charge in [-0.1, -0.05) is 0 Å². The molecule has 0 bridgehead atoms. The van der Waals surface area contributed by atoms with Crippen molar-refractivity contribution in [3.8, 4) is 0 Å². The van der Waals surface area contributed by atoms with Crippen LogP contribution in [0.2, 0.25) is 0 Å². The molecule has 1 amide bonds. The van der Waals surface area contributed by atoms with Crippen molar-refractivity contribution in [1.82, 2.24) is 25.0 Å². The van der Waals surface area contributed by atoms with Gasteiger partial charge >= 0.3 is 0 Å². The molecule has 0 saturated carbocycles. The first-order valence-corrected chi connectivity index (χ1v) is 4.13. The fourth-order valence-corrected chi connectivity index (χ4v) is 1.05. The number of anilines is 2. The van der Waals surface area contributed by atoms with E-state index in [1.165, 1.54) is 6.20 Å². The molecule has 0 saturated heterocycles. The Bertz CT molecular complexity index is 485. The second-order valence-corrected chi connectivity index (χ2v) is 2.90. The molecule has 4 N–H and O–H groups in total. The Labute approximate surface area is 84.5 Å². The number of rotatable bonds is 2. The summed E-state index contributed by atoms with van der Waals surface area (Å²) < 4.78 is 1.57. The number of hydrogen-bond donors (Lipinski definition) is 3. The molecular formula is C7H9N7O. The third kappa shape index (κ3) is 1.93. The highest BCUT2D eigenvalue weighted by Crippen LogP contribution is 2.05. The van der Waals surface area contributed by atoms with Crippen LogP contribution in [-0.4, -0.2) is 30.9 Å². The molecular weight excluding hydrogens is 198 g/mol. The lowest BCUT2D eigenvalue weighted by atomic mass is 10.5. The molecule has 2 aromatic rings. The van der Waals surface area contributed by atoms with Gasteiger partial charge in [0.15, 0.2) is 0 Å². The highest BCUT2D eigenvalue weighted by molar-refractivity contribution is 6.01. The minimum Gasteiger partial charge on any atom is -0.366 e. The van der Waals surface area contributed by atoms with Crippen LogP contribution in [0, 0.1) is 0 Å². The van der Waals surface area contributed by atoms with Gasteiger partial charge in [-0.15, -0.1) is 5.10 Å². The Morgan fingerprint density at radius 2 is 2.47 bits per heavy atom. The first-order chi connectivity index (χ1) is 7.15. The van der Waals surface area contributed by atoms with Crippen molar-refractivity contribution in [2.75, 3.05) is 11.1 Å². The summed E-state index contributed by atoms with van der Waals surface area (Å²) in [5, 5.41) is 12.4. The highest BCUT2D eigenvalue weighted by atomic mass is 16.2. The van der Waals surface area contributed by atoms with E-state index in [4.69, 9.17) is 5.73 Å². The predicted octanol–water partition coefficient (Wildman–Crippen LogP) is -0.627. The number of carbonyl (C=O) groups is 1. The number of hydrogen-bond acceptors (Lipinski definition) is 5. The van der Waals surface area contributed by atoms with Crippen LogP contribution in [0.4, 0.5) is 11.6 Å². The minimum absolute atomic E-state index is 0.0336. The minimum atomic E-state index is -0.410. The van der Waals surface area contributed by atoms with Gasteiger partial charge in [0.05, 0.1) is 11.9 Å². The maximum atomic E-state index is 11.5. The van der Waals surface area contributed by atoms with Gasteiger partial charge < -0.3 is 11.1 Å². The molecule has 2 rings (SSSR count). The summed E-state index contributed by atoms with van der Waals surface area (Å²) in [5.41, 5.74) is 5.84. The standard InChI is InChI=1S/C7H9N7O/c1-14-3-4(2-9-14)10-6(15)5-11-7(8)13-12-5/h2-3H,1H3,(H,10,15)(H3,8,11,12,13). The lowest BCUT2D eigenvalue weighted by molar-refractivity contribution is 0.101. The largest absolute Gasteiger partial charge is 0.366 e. The van der Waals surface area contributed by atoms with Crippen LogP contribution in [0.1, 0.15) is 10.6 Å². The zero-order valence-corrected chi connectivity index (χ0v) is 7.93. The van der Waals surface area contributed by atoms with Gasteiger partial charge in [-0.3, -0.25) is 14.6 Å². The third-order valence-electron chi connectivity index (χ3n) is 1.68. The molecule has 8 heteroatoms. The van der Waals surface area contributed by atoms with E-state index in [0.717, 1.165) is 0 Å². The highest BCUT2D eigenvalue weighted by Gasteiger charge is 2.11. The van der Waals surface area contributed by atoms with Crippen molar-refractivity contribution in [1.29, 1.82) is 0 Å². The molecule has 0 radical (unpaired) electrons. The van der Waals surface area contributed by atoms with Crippen LogP contribution in [0.5, 0.6) is 0 Å². The molecule has 15 heavy (non-hydrogen) atoms. The number of nitrogens with zero attached hydrogens (tertiary/aromatic N) is 4. The fraction of sp³-hybridized carbons (Fsp3) is 0.143. The zero-order valence-electron chi connectivity index (χ0n) is 7.93. The summed E-state index contributed by atoms with van der Waals surface area (Å²) >= 11 is 0. The Morgan fingerprint density at radius 1 is 1.67 bits per heavy atom. The Kier molecular flexibility index (Phi) is 2.08. The number of aryl methyl sites for hydroxylation is 1. The van der Waals surface area contributed by atoms with Crippen molar-refractivity contribution >= 4 is 17.5 Å². The van der Waals surface area contributed by atoms with Crippen LogP contribution in [0.25, 0.3) is 0 Å². The summed E-state index contributed by atoms with van der Waals surface area (Å²) in [6, 6.07) is 0. The molecule has 0 spiro atoms. The van der Waals surface area contributed by atoms with E-state index in [9.17, 15) is 4.79 Å². The Hall–Kier alpha value is -2.38. The number of aromatic amines is 1. The average molecular weight is 207 g/mol. The smallest absolute Gasteiger partial charge is 0.293 e. The van der Waals surface area contributed by atoms with Gasteiger partial charge in [-0.05, 0) is 0 Å². The van der Waals surface area contributed by atoms with Gasteiger partial charge in [0, 0.05) is 13.2 Å². The number of nitrogen functional groups attached to an aromatic ring is 1. The molecule has 2 heterocycles. The summed E-state index contributed by atoms with van der Waals surface area (Å²) in [6.45, 7) is 0. The van der Waals surface area contributed by atoms with Crippen molar-refractivity contribution in [2.45, 2.75) is 0 Å². The topological polar surface area (TPSA) is 115 Å². The van der Waals surface area contributed by atoms with Crippen LogP contribution in [-0.2, 0) is 7.05 Å². The van der Waals surface area contributed by atoms with E-state index >= 15 is 0 Å². The zero-order chi connectivity index (χ0) is 10.8. The number of amides is 1. The maximum Gasteiger partial charge on any atom is 0.293 e. The first kappa shape index (κ1) is 9.19. The maximum absolute atomic E-state index is 11.5. The summed E-state index contributed by atoms with van der Waals surface area (Å²) in [7, 11) is 1.75. The van der Waals surface area contributed by atoms with Crippen LogP contribution in [0.3, 0.4) is 0 Å². The number of carbonyl (C=O) groups excluding carboxylic acids is 1. The van der Waals surface area contributed by atoms with Crippen molar-refractivity contribution in [2.24, 2.45) is 7.05 Å². The lowest BCUT2D eigenvalue weighted by Gasteiger charge is -1.96. The SMILES string of the molecule is Cn1cc(NC(=O)c2nc(N)n[nH]2)cn1. The van der Waals surface area contributed by atoms with Crippen molar-refractivity contribution < 1.29 is 4.79 Å². The Morgan fingerprint density at radius 3 is 3.00 bits per heavy atom. The molecule has 0 atom stereocenters. The third-order valence-corrected chi connectivity index (χ3v) is 1.68. The molecule has 2 aromatic heterocycles. The van der Waals surface area contributed by atoms with Gasteiger partial charge in [0.25, 0.3) is 5.91 Å². The number of nitrogens with two attached hydrogens (primary N) is 1. The molecule has 0 aliphatic rings. The molecule has 0 fully saturated rings. The predicted molar refractivity (Wildman–Crippen MR) is 52.0 cm³/mol. The molecule has 0 aliphatic heterocycles. The van der Waals surface area contributed by atoms with E-state index in [1.807, 2.05) is 0 Å². The lowest BCUT2D eigenvalue weighted by Crippen LogP contribution is -2.13. The number of H-pyrrole nitrogens is 1. The van der Waals surface area contributed by atoms with Gasteiger partial charge in [-0.2, -0.15) is 10.1 Å². The normalized spacial score (nSPS) is 10.2. The summed E-state index contributed by atoms with van der Waals surface area (Å²) in [5.74, 6) is -0.310. The summed E-state index contributed by atoms with van der Waals surface area (Å²) in [6.07, 6.45) is 3.19. The number of aromatic nitrogens is 5. The van der Waals surface area contributed by atoms with Gasteiger partial charge in [0.1, 0.15) is 0 Å². The quantitative estimate of drug-likeness (QED) is 0.606. The number of nitrogens with one attached hydrogen (secondary N) is 2. The molecule has 0 aromatic carbocycles. The monoisotopic (exact) mass is 207 g/mol. The average Bonchev–Trinajstić information content (AvgIpc) is 2.75. The van der Waals surface area contributed by atoms with Gasteiger partial charge in [0.2, 0.25) is 11.8 Å². The summed E-state index contributed by atoms with van der Waals surface area (Å²) in [4.78, 5) is 15.2. The van der Waals surface area contributed by atoms with E-state index in [0.29, 0.717) is 5.69 Å². The second kappa shape index (κ2) is 3.40. The first-order valence-electron chi connectivity index (χ1n) is 4.13. The van der Waals surface area contributed by atoms with Crippen molar-refractivity contribution in [3.63, 3.8) is 0 Å². The molecule has 8 nitrogen and oxygen atoms in total. The van der Waals surface area contributed by atoms with Gasteiger partial charge in [-0.25, -0.2) is 0 Å². The Balaban J connectivity index is 2.10. The van der Waals surface area contributed by atoms with Crippen LogP contribution >= 0.6 is 0 Å². The fourth-order valence-electron chi connectivity index (χ4n) is 1.05. The van der Waals surface area contributed by atoms with E-state index in [-0.39, 0.29) is 11.8 Å².